The van der Waals surface area contributed by atoms with E-state index in [-0.39, 0.29) is 0 Å². The Labute approximate surface area is 165 Å². The second-order valence-electron chi connectivity index (χ2n) is 7.38. The maximum Gasteiger partial charge on any atom is 0.389 e. The quantitative estimate of drug-likeness (QED) is 0.602. The summed E-state index contributed by atoms with van der Waals surface area (Å²) in [5.41, 5.74) is 3.37. The Morgan fingerprint density at radius 3 is 2.83 bits per heavy atom. The number of hydrogen-bond donors (Lipinski definition) is 2. The predicted molar refractivity (Wildman–Crippen MR) is 102 cm³/mol. The summed E-state index contributed by atoms with van der Waals surface area (Å²) in [6.07, 6.45) is 3.04. The first kappa shape index (κ1) is 19.4. The van der Waals surface area contributed by atoms with Crippen LogP contribution in [0.5, 0.6) is 0 Å². The van der Waals surface area contributed by atoms with E-state index in [9.17, 15) is 18.0 Å². The molecular weight excluding hydrogens is 383 g/mol. The van der Waals surface area contributed by atoms with Crippen molar-refractivity contribution in [3.63, 3.8) is 0 Å². The molecule has 3 aromatic heterocycles. The summed E-state index contributed by atoms with van der Waals surface area (Å²) in [4.78, 5) is 28.2. The molecule has 9 heteroatoms. The Bertz CT molecular complexity index is 1040. The van der Waals surface area contributed by atoms with Crippen LogP contribution in [-0.2, 0) is 4.79 Å². The van der Waals surface area contributed by atoms with Gasteiger partial charge in [-0.05, 0) is 37.3 Å². The molecule has 1 aliphatic rings. The molecule has 0 aromatic carbocycles. The van der Waals surface area contributed by atoms with Crippen LogP contribution in [0.3, 0.4) is 0 Å². The first-order valence-electron chi connectivity index (χ1n) is 9.45. The fourth-order valence-corrected chi connectivity index (χ4v) is 3.22. The number of halogens is 3. The number of carbonyl (C=O) groups excluding carboxylic acids is 1. The van der Waals surface area contributed by atoms with E-state index >= 15 is 0 Å². The summed E-state index contributed by atoms with van der Waals surface area (Å²) >= 11 is 0. The summed E-state index contributed by atoms with van der Waals surface area (Å²) in [6, 6.07) is 1.31. The first-order chi connectivity index (χ1) is 13.8. The van der Waals surface area contributed by atoms with Gasteiger partial charge in [0.1, 0.15) is 11.5 Å². The maximum absolute atomic E-state index is 12.3. The summed E-state index contributed by atoms with van der Waals surface area (Å²) in [5, 5.41) is 3.79. The molecule has 152 valence electrons. The van der Waals surface area contributed by atoms with Gasteiger partial charge in [0.25, 0.3) is 0 Å². The second-order valence-corrected chi connectivity index (χ2v) is 7.38. The number of hydrogen-bond acceptors (Lipinski definition) is 5. The number of nitrogens with zero attached hydrogens (tertiary/aromatic N) is 3. The minimum absolute atomic E-state index is 0.330. The van der Waals surface area contributed by atoms with Crippen LogP contribution in [0.4, 0.5) is 19.0 Å². The van der Waals surface area contributed by atoms with Crippen molar-refractivity contribution in [2.75, 3.05) is 5.32 Å². The van der Waals surface area contributed by atoms with Gasteiger partial charge >= 0.3 is 6.18 Å². The Kier molecular flexibility index (Phi) is 4.97. The molecule has 1 aliphatic carbocycles. The number of aromatic amines is 1. The molecule has 0 bridgehead atoms. The Balaban J connectivity index is 1.52. The van der Waals surface area contributed by atoms with Crippen LogP contribution >= 0.6 is 0 Å². The topological polar surface area (TPSA) is 83.6 Å². The molecule has 29 heavy (non-hydrogen) atoms. The van der Waals surface area contributed by atoms with Gasteiger partial charge in [0.2, 0.25) is 0 Å². The summed E-state index contributed by atoms with van der Waals surface area (Å²) in [6.45, 7) is 1.52. The van der Waals surface area contributed by atoms with Crippen molar-refractivity contribution < 1.29 is 18.0 Å². The number of anilines is 1. The zero-order chi connectivity index (χ0) is 20.6. The van der Waals surface area contributed by atoms with Crippen molar-refractivity contribution in [2.45, 2.75) is 50.7 Å². The highest BCUT2D eigenvalue weighted by molar-refractivity contribution is 5.93. The molecule has 0 radical (unpaired) electrons. The van der Waals surface area contributed by atoms with E-state index in [1.54, 1.807) is 12.4 Å². The smallest absolute Gasteiger partial charge is 0.359 e. The van der Waals surface area contributed by atoms with Crippen molar-refractivity contribution in [2.24, 2.45) is 0 Å². The number of Topliss-reactive ketones (excluding diaryl/α,β-unsaturated/α-hetero) is 1. The van der Waals surface area contributed by atoms with Crippen LogP contribution in [-0.4, -0.2) is 37.9 Å². The molecule has 6 nitrogen and oxygen atoms in total. The fraction of sp³-hybridized carbons (Fsp3) is 0.400. The highest BCUT2D eigenvalue weighted by Crippen LogP contribution is 2.41. The van der Waals surface area contributed by atoms with E-state index in [1.165, 1.54) is 31.5 Å². The van der Waals surface area contributed by atoms with Gasteiger partial charge in [-0.25, -0.2) is 9.97 Å². The van der Waals surface area contributed by atoms with Gasteiger partial charge in [-0.2, -0.15) is 13.2 Å². The van der Waals surface area contributed by atoms with Crippen LogP contribution in [0, 0.1) is 0 Å². The molecule has 4 rings (SSSR count). The van der Waals surface area contributed by atoms with E-state index in [4.69, 9.17) is 0 Å². The summed E-state index contributed by atoms with van der Waals surface area (Å²) < 4.78 is 37.0. The number of rotatable bonds is 7. The van der Waals surface area contributed by atoms with Crippen molar-refractivity contribution in [1.82, 2.24) is 19.9 Å². The van der Waals surface area contributed by atoms with Gasteiger partial charge in [-0.15, -0.1) is 0 Å². The van der Waals surface area contributed by atoms with Crippen LogP contribution in [0.1, 0.15) is 44.1 Å². The van der Waals surface area contributed by atoms with E-state index in [1.807, 2.05) is 6.20 Å². The summed E-state index contributed by atoms with van der Waals surface area (Å²) in [5.74, 6) is 0.369. The molecule has 1 saturated carbocycles. The zero-order valence-corrected chi connectivity index (χ0v) is 15.8. The average Bonchev–Trinajstić information content (AvgIpc) is 3.44. The van der Waals surface area contributed by atoms with Crippen molar-refractivity contribution >= 4 is 22.6 Å². The predicted octanol–water partition coefficient (Wildman–Crippen LogP) is 4.61. The first-order valence-corrected chi connectivity index (χ1v) is 9.45. The molecule has 3 aromatic rings. The van der Waals surface area contributed by atoms with Crippen molar-refractivity contribution in [3.8, 4) is 11.3 Å². The number of alkyl halides is 3. The molecule has 3 heterocycles. The number of aromatic nitrogens is 4. The van der Waals surface area contributed by atoms with Crippen molar-refractivity contribution in [3.05, 3.63) is 36.4 Å². The van der Waals surface area contributed by atoms with Crippen LogP contribution in [0.25, 0.3) is 22.3 Å². The van der Waals surface area contributed by atoms with Gasteiger partial charge in [0.05, 0.1) is 30.6 Å². The van der Waals surface area contributed by atoms with Gasteiger partial charge in [-0.1, -0.05) is 0 Å². The molecule has 1 fully saturated rings. The van der Waals surface area contributed by atoms with E-state index in [0.717, 1.165) is 16.6 Å². The standard InChI is InChI=1S/C20H20F3N5O/c1-11(17(29)4-5-20(21,22)23)27-18-10-24-9-16(28-18)15-8-26-19-14(15)6-13(7-25-19)12-2-3-12/h6-12H,2-5H2,1H3,(H,25,26)(H,27,28)/t11-/m1/s1. The lowest BCUT2D eigenvalue weighted by Gasteiger charge is -2.14. The van der Waals surface area contributed by atoms with Crippen LogP contribution in [0.2, 0.25) is 0 Å². The molecule has 2 N–H and O–H groups in total. The maximum atomic E-state index is 12.3. The lowest BCUT2D eigenvalue weighted by atomic mass is 10.1. The fourth-order valence-electron chi connectivity index (χ4n) is 3.22. The van der Waals surface area contributed by atoms with E-state index < -0.39 is 30.8 Å². The minimum atomic E-state index is -4.35. The third-order valence-electron chi connectivity index (χ3n) is 5.01. The molecule has 0 unspecified atom stereocenters. The number of nitrogens with one attached hydrogen (secondary N) is 2. The Hall–Kier alpha value is -2.97. The van der Waals surface area contributed by atoms with Crippen LogP contribution in [0.15, 0.2) is 30.9 Å². The van der Waals surface area contributed by atoms with E-state index in [0.29, 0.717) is 17.4 Å². The molecule has 0 aliphatic heterocycles. The minimum Gasteiger partial charge on any atom is -0.359 e. The SMILES string of the molecule is C[C@@H](Nc1cncc(-c2c[nH]c3ncc(C4CC4)cc23)n1)C(=O)CCC(F)(F)F. The number of fused-ring (bicyclic) bond motifs is 1. The van der Waals surface area contributed by atoms with Crippen molar-refractivity contribution in [1.29, 1.82) is 0 Å². The number of carbonyl (C=O) groups is 1. The molecule has 0 amide bonds. The molecule has 0 saturated heterocycles. The Morgan fingerprint density at radius 1 is 1.31 bits per heavy atom. The molecular formula is C20H20F3N5O. The number of pyridine rings is 1. The normalized spacial score (nSPS) is 15.4. The van der Waals surface area contributed by atoms with Gasteiger partial charge in [-0.3, -0.25) is 9.78 Å². The van der Waals surface area contributed by atoms with E-state index in [2.05, 4.69) is 31.3 Å². The number of H-pyrrole nitrogens is 1. The van der Waals surface area contributed by atoms with Gasteiger partial charge in [0.15, 0.2) is 5.78 Å². The van der Waals surface area contributed by atoms with Gasteiger partial charge in [0, 0.05) is 29.8 Å². The zero-order valence-electron chi connectivity index (χ0n) is 15.8. The lowest BCUT2D eigenvalue weighted by Crippen LogP contribution is -2.27. The molecule has 1 atom stereocenters. The highest BCUT2D eigenvalue weighted by atomic mass is 19.4. The summed E-state index contributed by atoms with van der Waals surface area (Å²) in [7, 11) is 0. The second kappa shape index (κ2) is 7.46. The average molecular weight is 403 g/mol. The lowest BCUT2D eigenvalue weighted by molar-refractivity contribution is -0.143. The van der Waals surface area contributed by atoms with Gasteiger partial charge < -0.3 is 10.3 Å². The van der Waals surface area contributed by atoms with Crippen LogP contribution < -0.4 is 5.32 Å². The third-order valence-corrected chi connectivity index (χ3v) is 5.01. The monoisotopic (exact) mass is 403 g/mol. The highest BCUT2D eigenvalue weighted by Gasteiger charge is 2.29. The largest absolute Gasteiger partial charge is 0.389 e. The number of ketones is 1. The molecule has 0 spiro atoms. The third kappa shape index (κ3) is 4.55. The Morgan fingerprint density at radius 2 is 2.10 bits per heavy atom.